The molecule has 7 N–H and O–H groups in total. The number of likely N-dealkylation sites (tertiary alicyclic amines) is 1. The first kappa shape index (κ1) is 37.5. The van der Waals surface area contributed by atoms with Gasteiger partial charge in [0.05, 0.1) is 16.3 Å². The van der Waals surface area contributed by atoms with Gasteiger partial charge in [-0.05, 0) is 79.8 Å². The second-order valence-corrected chi connectivity index (χ2v) is 13.4. The Kier molecular flexibility index (Phi) is 12.9. The molecule has 0 spiro atoms. The standard InChI is InChI=1S/C38H45ClN8O4/c1-25-28(6-3-8-30(25)45-36(49)32-13-11-26(21-43-32)20-41-17-18-42-34(48)10-5-16-40)29-7-4-9-31(35(29)39)46-37(50)33-14-12-27(22-44-33)23-47-19-15-38(2,51)24-47/h3-4,6-9,11-14,21-22,41,51H,5,10,15-20,23-24,40H2,1-2H3,(H,42,48)(H,45,49)(H,46,50). The van der Waals surface area contributed by atoms with Gasteiger partial charge < -0.3 is 32.1 Å². The van der Waals surface area contributed by atoms with Crippen molar-refractivity contribution in [2.24, 2.45) is 5.73 Å². The van der Waals surface area contributed by atoms with E-state index in [4.69, 9.17) is 17.3 Å². The summed E-state index contributed by atoms with van der Waals surface area (Å²) in [5.41, 5.74) is 10.5. The van der Waals surface area contributed by atoms with Crippen LogP contribution in [0.4, 0.5) is 11.4 Å². The number of β-amino-alcohol motifs (C(OH)–C–C–N with tert-alkyl or cyclic N) is 1. The van der Waals surface area contributed by atoms with Crippen molar-refractivity contribution in [1.29, 1.82) is 0 Å². The molecule has 2 aromatic carbocycles. The average molecular weight is 713 g/mol. The van der Waals surface area contributed by atoms with Crippen LogP contribution in [0.3, 0.4) is 0 Å². The number of aromatic nitrogens is 2. The van der Waals surface area contributed by atoms with Gasteiger partial charge in [-0.15, -0.1) is 0 Å². The minimum atomic E-state index is -0.674. The van der Waals surface area contributed by atoms with Gasteiger partial charge in [0.2, 0.25) is 5.91 Å². The van der Waals surface area contributed by atoms with Gasteiger partial charge >= 0.3 is 0 Å². The minimum Gasteiger partial charge on any atom is -0.389 e. The summed E-state index contributed by atoms with van der Waals surface area (Å²) < 4.78 is 0. The molecule has 0 bridgehead atoms. The molecule has 3 heterocycles. The van der Waals surface area contributed by atoms with Crippen LogP contribution in [0.2, 0.25) is 5.02 Å². The summed E-state index contributed by atoms with van der Waals surface area (Å²) in [7, 11) is 0. The zero-order valence-corrected chi connectivity index (χ0v) is 29.7. The lowest BCUT2D eigenvalue weighted by Gasteiger charge is -2.18. The van der Waals surface area contributed by atoms with Crippen molar-refractivity contribution >= 4 is 40.7 Å². The number of nitrogens with zero attached hydrogens (tertiary/aromatic N) is 3. The second-order valence-electron chi connectivity index (χ2n) is 13.0. The molecule has 1 atom stereocenters. The Morgan fingerprint density at radius 2 is 1.55 bits per heavy atom. The zero-order chi connectivity index (χ0) is 36.4. The van der Waals surface area contributed by atoms with Crippen molar-refractivity contribution in [1.82, 2.24) is 25.5 Å². The number of halogens is 1. The summed E-state index contributed by atoms with van der Waals surface area (Å²) in [6.07, 6.45) is 5.15. The van der Waals surface area contributed by atoms with Crippen molar-refractivity contribution < 1.29 is 19.5 Å². The Hall–Kier alpha value is -4.72. The van der Waals surface area contributed by atoms with Gasteiger partial charge in [-0.25, -0.2) is 0 Å². The summed E-state index contributed by atoms with van der Waals surface area (Å²) >= 11 is 6.86. The molecular weight excluding hydrogens is 668 g/mol. The van der Waals surface area contributed by atoms with Crippen LogP contribution in [-0.4, -0.2) is 76.0 Å². The van der Waals surface area contributed by atoms with Gasteiger partial charge in [0.1, 0.15) is 11.4 Å². The first-order valence-corrected chi connectivity index (χ1v) is 17.4. The maximum atomic E-state index is 13.1. The highest BCUT2D eigenvalue weighted by atomic mass is 35.5. The molecule has 268 valence electrons. The average Bonchev–Trinajstić information content (AvgIpc) is 3.47. The Morgan fingerprint density at radius 1 is 0.902 bits per heavy atom. The first-order chi connectivity index (χ1) is 24.5. The lowest BCUT2D eigenvalue weighted by atomic mass is 9.98. The molecule has 5 rings (SSSR count). The third-order valence-electron chi connectivity index (χ3n) is 8.73. The van der Waals surface area contributed by atoms with Crippen molar-refractivity contribution in [3.63, 3.8) is 0 Å². The molecule has 1 saturated heterocycles. The number of anilines is 2. The van der Waals surface area contributed by atoms with E-state index in [0.29, 0.717) is 74.1 Å². The van der Waals surface area contributed by atoms with Gasteiger partial charge in [-0.3, -0.25) is 29.3 Å². The van der Waals surface area contributed by atoms with Gasteiger partial charge in [-0.2, -0.15) is 0 Å². The number of carbonyl (C=O) groups excluding carboxylic acids is 3. The molecule has 4 aromatic rings. The second kappa shape index (κ2) is 17.5. The van der Waals surface area contributed by atoms with Gasteiger partial charge in [0.25, 0.3) is 11.8 Å². The maximum Gasteiger partial charge on any atom is 0.274 e. The van der Waals surface area contributed by atoms with Gasteiger partial charge in [-0.1, -0.05) is 48.0 Å². The quantitative estimate of drug-likeness (QED) is 0.0970. The highest BCUT2D eigenvalue weighted by molar-refractivity contribution is 6.36. The molecule has 51 heavy (non-hydrogen) atoms. The molecule has 0 saturated carbocycles. The number of nitrogens with two attached hydrogens (primary N) is 1. The summed E-state index contributed by atoms with van der Waals surface area (Å²) in [5.74, 6) is -0.755. The molecule has 2 aromatic heterocycles. The van der Waals surface area contributed by atoms with Crippen LogP contribution in [0.25, 0.3) is 11.1 Å². The van der Waals surface area contributed by atoms with E-state index >= 15 is 0 Å². The van der Waals surface area contributed by atoms with Crippen LogP contribution in [0.1, 0.15) is 63.9 Å². The van der Waals surface area contributed by atoms with E-state index in [2.05, 4.69) is 36.1 Å². The van der Waals surface area contributed by atoms with Crippen LogP contribution >= 0.6 is 11.6 Å². The summed E-state index contributed by atoms with van der Waals surface area (Å²) in [5, 5.41) is 22.5. The lowest BCUT2D eigenvalue weighted by Crippen LogP contribution is -2.31. The number of nitrogens with one attached hydrogen (secondary N) is 4. The van der Waals surface area contributed by atoms with Crippen LogP contribution in [-0.2, 0) is 17.9 Å². The lowest BCUT2D eigenvalue weighted by molar-refractivity contribution is -0.121. The number of hydrogen-bond acceptors (Lipinski definition) is 9. The molecule has 13 heteroatoms. The summed E-state index contributed by atoms with van der Waals surface area (Å²) in [6.45, 7) is 7.95. The Bertz CT molecular complexity index is 1830. The minimum absolute atomic E-state index is 0.0116. The van der Waals surface area contributed by atoms with E-state index in [0.717, 1.165) is 35.2 Å². The van der Waals surface area contributed by atoms with E-state index < -0.39 is 5.60 Å². The highest BCUT2D eigenvalue weighted by Crippen LogP contribution is 2.37. The fraction of sp³-hybridized carbons (Fsp3) is 0.342. The van der Waals surface area contributed by atoms with Crippen LogP contribution < -0.4 is 27.0 Å². The van der Waals surface area contributed by atoms with Crippen molar-refractivity contribution in [3.8, 4) is 11.1 Å². The van der Waals surface area contributed by atoms with E-state index in [-0.39, 0.29) is 29.1 Å². The predicted molar refractivity (Wildman–Crippen MR) is 200 cm³/mol. The number of pyridine rings is 2. The predicted octanol–water partition coefficient (Wildman–Crippen LogP) is 4.51. The Labute approximate surface area is 303 Å². The molecule has 1 fully saturated rings. The summed E-state index contributed by atoms with van der Waals surface area (Å²) in [6, 6.07) is 18.0. The van der Waals surface area contributed by atoms with Crippen molar-refractivity contribution in [2.75, 3.05) is 43.4 Å². The SMILES string of the molecule is Cc1c(NC(=O)c2ccc(CNCCNC(=O)CCCN)cn2)cccc1-c1cccc(NC(=O)c2ccc(CN3CCC(C)(O)C3)cn2)c1Cl. The van der Waals surface area contributed by atoms with Crippen molar-refractivity contribution in [2.45, 2.75) is 51.8 Å². The van der Waals surface area contributed by atoms with Crippen LogP contribution in [0.15, 0.2) is 73.1 Å². The van der Waals surface area contributed by atoms with E-state index in [9.17, 15) is 19.5 Å². The number of benzene rings is 2. The highest BCUT2D eigenvalue weighted by Gasteiger charge is 2.31. The number of hydrogen-bond donors (Lipinski definition) is 6. The zero-order valence-electron chi connectivity index (χ0n) is 29.0. The number of amides is 3. The largest absolute Gasteiger partial charge is 0.389 e. The van der Waals surface area contributed by atoms with Gasteiger partial charge in [0, 0.05) is 69.3 Å². The monoisotopic (exact) mass is 712 g/mol. The molecule has 0 aliphatic carbocycles. The maximum absolute atomic E-state index is 13.1. The normalized spacial score (nSPS) is 15.8. The fourth-order valence-electron chi connectivity index (χ4n) is 5.89. The topological polar surface area (TPSA) is 175 Å². The molecule has 1 unspecified atom stereocenters. The van der Waals surface area contributed by atoms with E-state index in [1.807, 2.05) is 56.3 Å². The van der Waals surface area contributed by atoms with Crippen molar-refractivity contribution in [3.05, 3.63) is 106 Å². The third-order valence-corrected chi connectivity index (χ3v) is 9.14. The Morgan fingerprint density at radius 3 is 2.18 bits per heavy atom. The molecule has 1 aliphatic heterocycles. The molecule has 3 amide bonds. The molecule has 0 radical (unpaired) electrons. The van der Waals surface area contributed by atoms with E-state index in [1.165, 1.54) is 0 Å². The molecule has 1 aliphatic rings. The number of aliphatic hydroxyl groups is 1. The van der Waals surface area contributed by atoms with Crippen LogP contribution in [0, 0.1) is 6.92 Å². The van der Waals surface area contributed by atoms with Crippen LogP contribution in [0.5, 0.6) is 0 Å². The summed E-state index contributed by atoms with van der Waals surface area (Å²) in [4.78, 5) is 48.8. The number of carbonyl (C=O) groups is 3. The molecule has 12 nitrogen and oxygen atoms in total. The third kappa shape index (κ3) is 10.4. The first-order valence-electron chi connectivity index (χ1n) is 17.1. The smallest absolute Gasteiger partial charge is 0.274 e. The molecular formula is C38H45ClN8O4. The van der Waals surface area contributed by atoms with Gasteiger partial charge in [0.15, 0.2) is 0 Å². The number of rotatable bonds is 15. The fourth-order valence-corrected chi connectivity index (χ4v) is 6.17. The van der Waals surface area contributed by atoms with E-state index in [1.54, 1.807) is 30.6 Å². The Balaban J connectivity index is 1.17.